The Kier molecular flexibility index (Phi) is 5.35. The van der Waals surface area contributed by atoms with E-state index in [-0.39, 0.29) is 23.8 Å². The summed E-state index contributed by atoms with van der Waals surface area (Å²) in [5.74, 6) is -0.643. The van der Waals surface area contributed by atoms with Crippen molar-refractivity contribution in [3.63, 3.8) is 0 Å². The lowest BCUT2D eigenvalue weighted by Crippen LogP contribution is -2.43. The van der Waals surface area contributed by atoms with Crippen LogP contribution in [0.1, 0.15) is 67.9 Å². The van der Waals surface area contributed by atoms with Crippen LogP contribution in [0.5, 0.6) is 0 Å². The van der Waals surface area contributed by atoms with Gasteiger partial charge in [0.05, 0.1) is 6.04 Å². The highest BCUT2D eigenvalue weighted by atomic mass is 16.2. The Morgan fingerprint density at radius 2 is 1.76 bits per heavy atom. The minimum absolute atomic E-state index is 0.0389. The molecule has 0 unspecified atom stereocenters. The molecule has 0 bridgehead atoms. The predicted molar refractivity (Wildman–Crippen MR) is 90.7 cm³/mol. The van der Waals surface area contributed by atoms with Gasteiger partial charge in [0, 0.05) is 18.2 Å². The highest BCUT2D eigenvalue weighted by molar-refractivity contribution is 5.95. The average molecular weight is 347 g/mol. The lowest BCUT2D eigenvalue weighted by Gasteiger charge is -2.28. The standard InChI is InChI=1S/C17H25N5O3/c18-17(25)21-15(23)11-5-7-12(8-6-11)20-16(24)14-9-10-19-22(14)13-3-1-2-4-13/h9-13H,1-8H2,(H,20,24)(H3,18,21,23,25). The maximum absolute atomic E-state index is 12.6. The summed E-state index contributed by atoms with van der Waals surface area (Å²) in [6, 6.07) is 1.31. The molecule has 8 heteroatoms. The average Bonchev–Trinajstić information content (AvgIpc) is 3.26. The molecular weight excluding hydrogens is 322 g/mol. The van der Waals surface area contributed by atoms with Gasteiger partial charge in [-0.3, -0.25) is 19.6 Å². The van der Waals surface area contributed by atoms with Gasteiger partial charge in [-0.05, 0) is 44.6 Å². The van der Waals surface area contributed by atoms with Gasteiger partial charge >= 0.3 is 6.03 Å². The number of urea groups is 1. The second-order valence-corrected chi connectivity index (χ2v) is 6.97. The number of carbonyl (C=O) groups is 3. The van der Waals surface area contributed by atoms with Gasteiger partial charge < -0.3 is 11.1 Å². The number of aromatic nitrogens is 2. The quantitative estimate of drug-likeness (QED) is 0.764. The minimum Gasteiger partial charge on any atom is -0.351 e. The normalized spacial score (nSPS) is 24.0. The van der Waals surface area contributed by atoms with E-state index in [4.69, 9.17) is 5.73 Å². The smallest absolute Gasteiger partial charge is 0.318 e. The molecule has 1 aromatic rings. The third-order valence-electron chi connectivity index (χ3n) is 5.25. The molecule has 0 radical (unpaired) electrons. The van der Waals surface area contributed by atoms with Crippen LogP contribution in [0.3, 0.4) is 0 Å². The van der Waals surface area contributed by atoms with Crippen molar-refractivity contribution < 1.29 is 14.4 Å². The van der Waals surface area contributed by atoms with Crippen molar-refractivity contribution in [2.45, 2.75) is 63.5 Å². The number of amides is 4. The van der Waals surface area contributed by atoms with E-state index in [2.05, 4.69) is 15.7 Å². The van der Waals surface area contributed by atoms with Gasteiger partial charge in [-0.2, -0.15) is 5.10 Å². The molecule has 136 valence electrons. The van der Waals surface area contributed by atoms with Crippen LogP contribution >= 0.6 is 0 Å². The number of primary amides is 1. The maximum atomic E-state index is 12.6. The zero-order chi connectivity index (χ0) is 17.8. The zero-order valence-electron chi connectivity index (χ0n) is 14.2. The maximum Gasteiger partial charge on any atom is 0.318 e. The molecule has 2 aliphatic rings. The number of nitrogens with two attached hydrogens (primary N) is 1. The van der Waals surface area contributed by atoms with Crippen molar-refractivity contribution >= 4 is 17.8 Å². The van der Waals surface area contributed by atoms with E-state index >= 15 is 0 Å². The molecule has 1 heterocycles. The fourth-order valence-electron chi connectivity index (χ4n) is 3.92. The first kappa shape index (κ1) is 17.4. The van der Waals surface area contributed by atoms with E-state index in [1.165, 1.54) is 12.8 Å². The molecule has 4 amide bonds. The summed E-state index contributed by atoms with van der Waals surface area (Å²) in [6.45, 7) is 0. The molecule has 0 saturated heterocycles. The van der Waals surface area contributed by atoms with Gasteiger partial charge in [0.1, 0.15) is 5.69 Å². The molecule has 8 nitrogen and oxygen atoms in total. The fraction of sp³-hybridized carbons (Fsp3) is 0.647. The van der Waals surface area contributed by atoms with Crippen LogP contribution in [-0.2, 0) is 4.79 Å². The first-order valence-corrected chi connectivity index (χ1v) is 8.99. The molecule has 4 N–H and O–H groups in total. The third kappa shape index (κ3) is 4.18. The first-order valence-electron chi connectivity index (χ1n) is 8.99. The summed E-state index contributed by atoms with van der Waals surface area (Å²) < 4.78 is 1.86. The van der Waals surface area contributed by atoms with Gasteiger partial charge in [0.15, 0.2) is 0 Å². The summed E-state index contributed by atoms with van der Waals surface area (Å²) >= 11 is 0. The van der Waals surface area contributed by atoms with Crippen LogP contribution in [0.4, 0.5) is 4.79 Å². The Morgan fingerprint density at radius 1 is 1.08 bits per heavy atom. The summed E-state index contributed by atoms with van der Waals surface area (Å²) in [4.78, 5) is 35.2. The Balaban J connectivity index is 1.52. The van der Waals surface area contributed by atoms with Crippen LogP contribution in [0.2, 0.25) is 0 Å². The van der Waals surface area contributed by atoms with Crippen molar-refractivity contribution in [3.8, 4) is 0 Å². The first-order chi connectivity index (χ1) is 12.0. The summed E-state index contributed by atoms with van der Waals surface area (Å²) in [7, 11) is 0. The number of nitrogens with zero attached hydrogens (tertiary/aromatic N) is 2. The fourth-order valence-corrected chi connectivity index (χ4v) is 3.92. The largest absolute Gasteiger partial charge is 0.351 e. The second-order valence-electron chi connectivity index (χ2n) is 6.97. The minimum atomic E-state index is -0.819. The molecule has 0 aliphatic heterocycles. The number of hydrogen-bond donors (Lipinski definition) is 3. The lowest BCUT2D eigenvalue weighted by atomic mass is 9.85. The van der Waals surface area contributed by atoms with Gasteiger partial charge in [-0.15, -0.1) is 0 Å². The molecule has 2 aliphatic carbocycles. The summed E-state index contributed by atoms with van der Waals surface area (Å²) in [5.41, 5.74) is 5.59. The monoisotopic (exact) mass is 347 g/mol. The molecular formula is C17H25N5O3. The number of nitrogens with one attached hydrogen (secondary N) is 2. The Morgan fingerprint density at radius 3 is 2.40 bits per heavy atom. The molecule has 2 fully saturated rings. The Labute approximate surface area is 146 Å². The topological polar surface area (TPSA) is 119 Å². The molecule has 25 heavy (non-hydrogen) atoms. The zero-order valence-corrected chi connectivity index (χ0v) is 14.2. The Hall–Kier alpha value is -2.38. The number of hydrogen-bond acceptors (Lipinski definition) is 4. The van der Waals surface area contributed by atoms with E-state index < -0.39 is 6.03 Å². The van der Waals surface area contributed by atoms with Crippen LogP contribution in [0.25, 0.3) is 0 Å². The van der Waals surface area contributed by atoms with Crippen molar-refractivity contribution in [1.29, 1.82) is 0 Å². The molecule has 0 spiro atoms. The highest BCUT2D eigenvalue weighted by Gasteiger charge is 2.29. The second kappa shape index (κ2) is 7.67. The number of rotatable bonds is 4. The highest BCUT2D eigenvalue weighted by Crippen LogP contribution is 2.30. The number of carbonyl (C=O) groups excluding carboxylic acids is 3. The lowest BCUT2D eigenvalue weighted by molar-refractivity contribution is -0.124. The van der Waals surface area contributed by atoms with Gasteiger partial charge in [-0.1, -0.05) is 12.8 Å². The Bertz CT molecular complexity index is 642. The SMILES string of the molecule is NC(=O)NC(=O)C1CCC(NC(=O)c2ccnn2C2CCCC2)CC1. The van der Waals surface area contributed by atoms with Crippen LogP contribution < -0.4 is 16.4 Å². The molecule has 1 aromatic heterocycles. The summed E-state index contributed by atoms with van der Waals surface area (Å²) in [6.07, 6.45) is 8.87. The third-order valence-corrected chi connectivity index (χ3v) is 5.25. The number of imide groups is 1. The van der Waals surface area contributed by atoms with Crippen LogP contribution in [-0.4, -0.2) is 33.7 Å². The van der Waals surface area contributed by atoms with Gasteiger partial charge in [0.25, 0.3) is 5.91 Å². The van der Waals surface area contributed by atoms with E-state index in [1.54, 1.807) is 12.3 Å². The van der Waals surface area contributed by atoms with Crippen molar-refractivity contribution in [1.82, 2.24) is 20.4 Å². The van der Waals surface area contributed by atoms with Crippen LogP contribution in [0.15, 0.2) is 12.3 Å². The molecule has 2 saturated carbocycles. The van der Waals surface area contributed by atoms with Crippen molar-refractivity contribution in [2.24, 2.45) is 11.7 Å². The van der Waals surface area contributed by atoms with E-state index in [1.807, 2.05) is 4.68 Å². The van der Waals surface area contributed by atoms with Crippen LogP contribution in [0, 0.1) is 5.92 Å². The van der Waals surface area contributed by atoms with Gasteiger partial charge in [-0.25, -0.2) is 4.79 Å². The predicted octanol–water partition coefficient (Wildman–Crippen LogP) is 1.48. The van der Waals surface area contributed by atoms with E-state index in [0.29, 0.717) is 37.4 Å². The van der Waals surface area contributed by atoms with Crippen molar-refractivity contribution in [3.05, 3.63) is 18.0 Å². The van der Waals surface area contributed by atoms with Crippen molar-refractivity contribution in [2.75, 3.05) is 0 Å². The molecule has 0 atom stereocenters. The van der Waals surface area contributed by atoms with Gasteiger partial charge in [0.2, 0.25) is 5.91 Å². The molecule has 3 rings (SSSR count). The molecule has 0 aromatic carbocycles. The summed E-state index contributed by atoms with van der Waals surface area (Å²) in [5, 5.41) is 9.53. The van der Waals surface area contributed by atoms with E-state index in [0.717, 1.165) is 12.8 Å². The van der Waals surface area contributed by atoms with E-state index in [9.17, 15) is 14.4 Å².